The molecule has 0 amide bonds. The van der Waals surface area contributed by atoms with E-state index in [1.165, 1.54) is 5.69 Å². The quantitative estimate of drug-likeness (QED) is 0.923. The molecule has 2 aromatic rings. The van der Waals surface area contributed by atoms with Crippen molar-refractivity contribution in [2.75, 3.05) is 13.2 Å². The highest BCUT2D eigenvalue weighted by Crippen LogP contribution is 2.23. The zero-order chi connectivity index (χ0) is 13.2. The van der Waals surface area contributed by atoms with Gasteiger partial charge in [-0.1, -0.05) is 0 Å². The molecule has 0 radical (unpaired) electrons. The molecule has 0 bridgehead atoms. The van der Waals surface area contributed by atoms with Crippen LogP contribution in [0.4, 0.5) is 0 Å². The van der Waals surface area contributed by atoms with Crippen LogP contribution in [0.15, 0.2) is 11.7 Å². The molecule has 1 atom stereocenters. The minimum atomic E-state index is 0.371. The normalized spacial score (nSPS) is 18.5. The average Bonchev–Trinajstić information content (AvgIpc) is 2.97. The van der Waals surface area contributed by atoms with Crippen LogP contribution in [0.2, 0.25) is 0 Å². The summed E-state index contributed by atoms with van der Waals surface area (Å²) in [5, 5.41) is 6.54. The van der Waals surface area contributed by atoms with Crippen molar-refractivity contribution in [3.63, 3.8) is 0 Å². The Kier molecular flexibility index (Phi) is 3.63. The van der Waals surface area contributed by atoms with Gasteiger partial charge in [-0.2, -0.15) is 0 Å². The third-order valence-corrected chi connectivity index (χ3v) is 4.19. The van der Waals surface area contributed by atoms with Gasteiger partial charge in [0.05, 0.1) is 35.9 Å². The van der Waals surface area contributed by atoms with Crippen molar-refractivity contribution < 1.29 is 4.74 Å². The van der Waals surface area contributed by atoms with Gasteiger partial charge >= 0.3 is 0 Å². The van der Waals surface area contributed by atoms with E-state index in [1.54, 1.807) is 11.3 Å². The molecule has 102 valence electrons. The number of nitrogens with zero attached hydrogens (tertiary/aromatic N) is 3. The fourth-order valence-corrected chi connectivity index (χ4v) is 3.12. The molecule has 19 heavy (non-hydrogen) atoms. The van der Waals surface area contributed by atoms with Gasteiger partial charge in [-0.3, -0.25) is 0 Å². The molecular weight excluding hydrogens is 260 g/mol. The van der Waals surface area contributed by atoms with Crippen LogP contribution in [0.25, 0.3) is 0 Å². The molecule has 0 fully saturated rings. The largest absolute Gasteiger partial charge is 0.374 e. The predicted octanol–water partition coefficient (Wildman–Crippen LogP) is 1.59. The van der Waals surface area contributed by atoms with Crippen molar-refractivity contribution in [3.8, 4) is 0 Å². The Morgan fingerprint density at radius 2 is 2.47 bits per heavy atom. The van der Waals surface area contributed by atoms with Gasteiger partial charge in [0.1, 0.15) is 0 Å². The molecule has 6 heteroatoms. The van der Waals surface area contributed by atoms with Crippen LogP contribution < -0.4 is 5.32 Å². The Labute approximate surface area is 116 Å². The summed E-state index contributed by atoms with van der Waals surface area (Å²) in [6, 6.07) is 0. The summed E-state index contributed by atoms with van der Waals surface area (Å²) in [6.07, 6.45) is 1.88. The summed E-state index contributed by atoms with van der Waals surface area (Å²) in [7, 11) is 2.05. The number of rotatable bonds is 4. The molecule has 0 aliphatic carbocycles. The fourth-order valence-electron chi connectivity index (χ4n) is 2.53. The molecule has 0 unspecified atom stereocenters. The van der Waals surface area contributed by atoms with Crippen LogP contribution in [0.3, 0.4) is 0 Å². The van der Waals surface area contributed by atoms with Crippen molar-refractivity contribution in [3.05, 3.63) is 33.8 Å². The first kappa shape index (κ1) is 12.8. The highest BCUT2D eigenvalue weighted by Gasteiger charge is 2.24. The predicted molar refractivity (Wildman–Crippen MR) is 74.2 cm³/mol. The van der Waals surface area contributed by atoms with Gasteiger partial charge in [-0.15, -0.1) is 11.3 Å². The van der Waals surface area contributed by atoms with Crippen LogP contribution in [0.1, 0.15) is 28.0 Å². The van der Waals surface area contributed by atoms with Gasteiger partial charge in [0.25, 0.3) is 0 Å². The Morgan fingerprint density at radius 1 is 1.58 bits per heavy atom. The number of ether oxygens (including phenoxy) is 1. The lowest BCUT2D eigenvalue weighted by atomic mass is 10.0. The second-order valence-electron chi connectivity index (χ2n) is 4.89. The Balaban J connectivity index is 1.60. The number of aryl methyl sites for hydroxylation is 2. The lowest BCUT2D eigenvalue weighted by Gasteiger charge is -2.24. The maximum absolute atomic E-state index is 5.82. The average molecular weight is 278 g/mol. The number of aromatic nitrogens is 3. The van der Waals surface area contributed by atoms with Crippen LogP contribution in [0.5, 0.6) is 0 Å². The second-order valence-corrected chi connectivity index (χ2v) is 5.95. The van der Waals surface area contributed by atoms with E-state index in [-0.39, 0.29) is 0 Å². The summed E-state index contributed by atoms with van der Waals surface area (Å²) in [4.78, 5) is 8.82. The molecule has 1 aliphatic rings. The van der Waals surface area contributed by atoms with Crippen LogP contribution in [-0.2, 0) is 24.9 Å². The van der Waals surface area contributed by atoms with E-state index in [2.05, 4.69) is 25.2 Å². The van der Waals surface area contributed by atoms with Crippen molar-refractivity contribution in [1.82, 2.24) is 19.9 Å². The topological polar surface area (TPSA) is 52.0 Å². The molecule has 0 aromatic carbocycles. The number of fused-ring (bicyclic) bond motifs is 1. The maximum atomic E-state index is 5.82. The van der Waals surface area contributed by atoms with Crippen LogP contribution in [0, 0.1) is 6.92 Å². The lowest BCUT2D eigenvalue weighted by Crippen LogP contribution is -2.31. The van der Waals surface area contributed by atoms with Crippen molar-refractivity contribution in [2.24, 2.45) is 7.05 Å². The third-order valence-electron chi connectivity index (χ3n) is 3.37. The zero-order valence-corrected chi connectivity index (χ0v) is 12.0. The minimum absolute atomic E-state index is 0.371. The van der Waals surface area contributed by atoms with E-state index >= 15 is 0 Å². The molecule has 0 saturated heterocycles. The Hall–Kier alpha value is -1.24. The van der Waals surface area contributed by atoms with E-state index in [0.29, 0.717) is 19.1 Å². The molecule has 2 aromatic heterocycles. The SMILES string of the molecule is Cc1nc(COC[C@H]2CNCc3ncn(C)c32)cs1. The van der Waals surface area contributed by atoms with Gasteiger partial charge in [-0.25, -0.2) is 9.97 Å². The van der Waals surface area contributed by atoms with E-state index in [4.69, 9.17) is 4.74 Å². The van der Waals surface area contributed by atoms with Crippen molar-refractivity contribution >= 4 is 11.3 Å². The van der Waals surface area contributed by atoms with Gasteiger partial charge in [0, 0.05) is 37.1 Å². The summed E-state index contributed by atoms with van der Waals surface area (Å²) < 4.78 is 7.93. The van der Waals surface area contributed by atoms with Crippen LogP contribution in [-0.4, -0.2) is 27.7 Å². The molecular formula is C13H18N4OS. The minimum Gasteiger partial charge on any atom is -0.374 e. The smallest absolute Gasteiger partial charge is 0.0949 e. The third kappa shape index (κ3) is 2.70. The number of hydrogen-bond acceptors (Lipinski definition) is 5. The standard InChI is InChI=1S/C13H18N4OS/c1-9-16-11(7-19-9)6-18-5-10-3-14-4-12-13(10)17(2)8-15-12/h7-8,10,14H,3-6H2,1-2H3/t10-/m1/s1. The maximum Gasteiger partial charge on any atom is 0.0949 e. The summed E-state index contributed by atoms with van der Waals surface area (Å²) in [5.41, 5.74) is 3.47. The molecule has 1 N–H and O–H groups in total. The molecule has 3 heterocycles. The number of thiazole rings is 1. The first-order valence-corrected chi connectivity index (χ1v) is 7.31. The highest BCUT2D eigenvalue weighted by atomic mass is 32.1. The van der Waals surface area contributed by atoms with Gasteiger partial charge in [0.2, 0.25) is 0 Å². The van der Waals surface area contributed by atoms with E-state index in [1.807, 2.05) is 20.3 Å². The van der Waals surface area contributed by atoms with Crippen molar-refractivity contribution in [1.29, 1.82) is 0 Å². The fraction of sp³-hybridized carbons (Fsp3) is 0.538. The van der Waals surface area contributed by atoms with Crippen molar-refractivity contribution in [2.45, 2.75) is 26.0 Å². The number of nitrogens with one attached hydrogen (secondary N) is 1. The van der Waals surface area contributed by atoms with E-state index in [0.717, 1.165) is 29.5 Å². The number of hydrogen-bond donors (Lipinski definition) is 1. The van der Waals surface area contributed by atoms with E-state index in [9.17, 15) is 0 Å². The first-order valence-electron chi connectivity index (χ1n) is 6.43. The molecule has 0 spiro atoms. The Bertz CT molecular complexity index is 563. The summed E-state index contributed by atoms with van der Waals surface area (Å²) >= 11 is 1.67. The molecule has 0 saturated carbocycles. The monoisotopic (exact) mass is 278 g/mol. The Morgan fingerprint density at radius 3 is 3.26 bits per heavy atom. The number of imidazole rings is 1. The highest BCUT2D eigenvalue weighted by molar-refractivity contribution is 7.09. The zero-order valence-electron chi connectivity index (χ0n) is 11.2. The molecule has 5 nitrogen and oxygen atoms in total. The van der Waals surface area contributed by atoms with Gasteiger partial charge in [-0.05, 0) is 6.92 Å². The second kappa shape index (κ2) is 5.40. The lowest BCUT2D eigenvalue weighted by molar-refractivity contribution is 0.101. The van der Waals surface area contributed by atoms with Gasteiger partial charge in [0.15, 0.2) is 0 Å². The summed E-state index contributed by atoms with van der Waals surface area (Å²) in [6.45, 7) is 5.12. The molecule has 3 rings (SSSR count). The first-order chi connectivity index (χ1) is 9.24. The molecule has 1 aliphatic heterocycles. The van der Waals surface area contributed by atoms with Gasteiger partial charge < -0.3 is 14.6 Å². The van der Waals surface area contributed by atoms with E-state index < -0.39 is 0 Å². The summed E-state index contributed by atoms with van der Waals surface area (Å²) in [5.74, 6) is 0.371. The van der Waals surface area contributed by atoms with Crippen LogP contribution >= 0.6 is 11.3 Å².